The van der Waals surface area contributed by atoms with Crippen molar-refractivity contribution in [2.75, 3.05) is 0 Å². The zero-order chi connectivity index (χ0) is 7.78. The first kappa shape index (κ1) is 7.99. The highest BCUT2D eigenvalue weighted by Crippen LogP contribution is 2.39. The van der Waals surface area contributed by atoms with Crippen LogP contribution in [0.1, 0.15) is 20.3 Å². The molecule has 0 spiro atoms. The van der Waals surface area contributed by atoms with Gasteiger partial charge < -0.3 is 0 Å². The second-order valence-electron chi connectivity index (χ2n) is 3.15. The van der Waals surface area contributed by atoms with E-state index < -0.39 is 0 Å². The van der Waals surface area contributed by atoms with Gasteiger partial charge in [0.1, 0.15) is 5.83 Å². The van der Waals surface area contributed by atoms with E-state index in [-0.39, 0.29) is 11.2 Å². The standard InChI is InChI=1S/C8H10BrF/c1-8(2)5-3-4-6(9)7(8)10/h3-4H,5H2,1-2H3. The molecular formula is C8H10BrF. The molecule has 0 heterocycles. The van der Waals surface area contributed by atoms with Crippen molar-refractivity contribution >= 4 is 15.9 Å². The minimum absolute atomic E-state index is 0.0463. The number of allylic oxidation sites excluding steroid dienone is 4. The Bertz CT molecular complexity index is 201. The van der Waals surface area contributed by atoms with Crippen molar-refractivity contribution in [1.82, 2.24) is 0 Å². The van der Waals surface area contributed by atoms with Crippen molar-refractivity contribution in [2.24, 2.45) is 5.41 Å². The highest BCUT2D eigenvalue weighted by atomic mass is 79.9. The van der Waals surface area contributed by atoms with E-state index in [4.69, 9.17) is 0 Å². The molecule has 0 saturated heterocycles. The van der Waals surface area contributed by atoms with Gasteiger partial charge in [-0.3, -0.25) is 0 Å². The third kappa shape index (κ3) is 1.31. The maximum absolute atomic E-state index is 13.1. The molecule has 0 fully saturated rings. The molecule has 0 bridgehead atoms. The fourth-order valence-corrected chi connectivity index (χ4v) is 1.67. The average Bonchev–Trinajstić information content (AvgIpc) is 1.83. The molecule has 56 valence electrons. The van der Waals surface area contributed by atoms with Gasteiger partial charge in [0.05, 0.1) is 0 Å². The highest BCUT2D eigenvalue weighted by Gasteiger charge is 2.26. The second-order valence-corrected chi connectivity index (χ2v) is 4.01. The van der Waals surface area contributed by atoms with Crippen LogP contribution in [0.4, 0.5) is 4.39 Å². The summed E-state index contributed by atoms with van der Waals surface area (Å²) in [6, 6.07) is 0. The highest BCUT2D eigenvalue weighted by molar-refractivity contribution is 9.11. The number of rotatable bonds is 0. The van der Waals surface area contributed by atoms with Crippen molar-refractivity contribution < 1.29 is 4.39 Å². The molecule has 0 amide bonds. The molecule has 0 aromatic rings. The summed E-state index contributed by atoms with van der Waals surface area (Å²) < 4.78 is 13.7. The Labute approximate surface area is 68.9 Å². The van der Waals surface area contributed by atoms with Gasteiger partial charge in [-0.1, -0.05) is 19.9 Å². The third-order valence-corrected chi connectivity index (χ3v) is 2.31. The van der Waals surface area contributed by atoms with E-state index in [1.54, 1.807) is 6.08 Å². The summed E-state index contributed by atoms with van der Waals surface area (Å²) in [6.07, 6.45) is 4.53. The van der Waals surface area contributed by atoms with Crippen LogP contribution in [0.3, 0.4) is 0 Å². The molecule has 0 aromatic heterocycles. The van der Waals surface area contributed by atoms with Crippen LogP contribution in [0.15, 0.2) is 22.5 Å². The van der Waals surface area contributed by atoms with Gasteiger partial charge in [-0.15, -0.1) is 0 Å². The lowest BCUT2D eigenvalue weighted by molar-refractivity contribution is 0.347. The van der Waals surface area contributed by atoms with Crippen LogP contribution >= 0.6 is 15.9 Å². The van der Waals surface area contributed by atoms with E-state index >= 15 is 0 Å². The van der Waals surface area contributed by atoms with Gasteiger partial charge in [0.2, 0.25) is 0 Å². The minimum atomic E-state index is -0.312. The minimum Gasteiger partial charge on any atom is -0.210 e. The smallest absolute Gasteiger partial charge is 0.120 e. The van der Waals surface area contributed by atoms with E-state index in [2.05, 4.69) is 15.9 Å². The van der Waals surface area contributed by atoms with Crippen LogP contribution in [0.2, 0.25) is 0 Å². The molecule has 1 aliphatic rings. The van der Waals surface area contributed by atoms with Crippen LogP contribution in [-0.2, 0) is 0 Å². The maximum atomic E-state index is 13.1. The fraction of sp³-hybridized carbons (Fsp3) is 0.500. The Morgan fingerprint density at radius 1 is 1.60 bits per heavy atom. The fourth-order valence-electron chi connectivity index (χ4n) is 0.943. The second kappa shape index (κ2) is 2.50. The van der Waals surface area contributed by atoms with Crippen LogP contribution < -0.4 is 0 Å². The van der Waals surface area contributed by atoms with E-state index in [0.29, 0.717) is 4.48 Å². The molecule has 0 nitrogen and oxygen atoms in total. The van der Waals surface area contributed by atoms with E-state index in [1.807, 2.05) is 19.9 Å². The average molecular weight is 205 g/mol. The molecule has 0 unspecified atom stereocenters. The summed E-state index contributed by atoms with van der Waals surface area (Å²) in [7, 11) is 0. The zero-order valence-corrected chi connectivity index (χ0v) is 7.70. The normalized spacial score (nSPS) is 23.6. The summed E-state index contributed by atoms with van der Waals surface area (Å²) in [6.45, 7) is 3.79. The number of halogens is 2. The Kier molecular flexibility index (Phi) is 1.99. The van der Waals surface area contributed by atoms with Gasteiger partial charge in [0.25, 0.3) is 0 Å². The van der Waals surface area contributed by atoms with Gasteiger partial charge in [0, 0.05) is 9.90 Å². The third-order valence-electron chi connectivity index (χ3n) is 1.70. The van der Waals surface area contributed by atoms with Crippen molar-refractivity contribution in [2.45, 2.75) is 20.3 Å². The lowest BCUT2D eigenvalue weighted by Crippen LogP contribution is -2.13. The Hall–Kier alpha value is -0.110. The molecule has 0 aliphatic heterocycles. The van der Waals surface area contributed by atoms with E-state index in [1.165, 1.54) is 0 Å². The van der Waals surface area contributed by atoms with Crippen LogP contribution in [0.5, 0.6) is 0 Å². The first-order valence-corrected chi connectivity index (χ1v) is 4.05. The summed E-state index contributed by atoms with van der Waals surface area (Å²) in [5, 5.41) is 0. The quantitative estimate of drug-likeness (QED) is 0.567. The van der Waals surface area contributed by atoms with Crippen LogP contribution in [0, 0.1) is 5.41 Å². The van der Waals surface area contributed by atoms with Crippen molar-refractivity contribution in [1.29, 1.82) is 0 Å². The molecule has 0 aromatic carbocycles. The molecule has 1 rings (SSSR count). The predicted octanol–water partition coefficient (Wildman–Crippen LogP) is 3.55. The number of hydrogen-bond acceptors (Lipinski definition) is 0. The van der Waals surface area contributed by atoms with Gasteiger partial charge in [-0.2, -0.15) is 0 Å². The predicted molar refractivity (Wildman–Crippen MR) is 44.6 cm³/mol. The Balaban J connectivity index is 2.99. The van der Waals surface area contributed by atoms with Gasteiger partial charge in [0.15, 0.2) is 0 Å². The first-order chi connectivity index (χ1) is 4.54. The zero-order valence-electron chi connectivity index (χ0n) is 6.12. The molecule has 0 N–H and O–H groups in total. The lowest BCUT2D eigenvalue weighted by Gasteiger charge is -2.24. The molecule has 1 aliphatic carbocycles. The molecule has 0 radical (unpaired) electrons. The largest absolute Gasteiger partial charge is 0.210 e. The Morgan fingerprint density at radius 3 is 2.60 bits per heavy atom. The molecule has 0 atom stereocenters. The topological polar surface area (TPSA) is 0 Å². The molecule has 0 saturated carbocycles. The van der Waals surface area contributed by atoms with Crippen LogP contribution in [0.25, 0.3) is 0 Å². The van der Waals surface area contributed by atoms with Crippen molar-refractivity contribution in [3.8, 4) is 0 Å². The SMILES string of the molecule is CC1(C)CC=CC(Br)=C1F. The summed E-state index contributed by atoms with van der Waals surface area (Å²) in [5.41, 5.74) is -0.312. The van der Waals surface area contributed by atoms with E-state index in [9.17, 15) is 4.39 Å². The monoisotopic (exact) mass is 204 g/mol. The number of hydrogen-bond donors (Lipinski definition) is 0. The van der Waals surface area contributed by atoms with Gasteiger partial charge >= 0.3 is 0 Å². The maximum Gasteiger partial charge on any atom is 0.120 e. The molecule has 2 heteroatoms. The molecular weight excluding hydrogens is 195 g/mol. The summed E-state index contributed by atoms with van der Waals surface area (Å²) >= 11 is 3.15. The molecule has 10 heavy (non-hydrogen) atoms. The van der Waals surface area contributed by atoms with Gasteiger partial charge in [-0.25, -0.2) is 4.39 Å². The summed E-state index contributed by atoms with van der Waals surface area (Å²) in [4.78, 5) is 0. The van der Waals surface area contributed by atoms with Gasteiger partial charge in [-0.05, 0) is 28.4 Å². The lowest BCUT2D eigenvalue weighted by atomic mass is 9.85. The van der Waals surface area contributed by atoms with Crippen molar-refractivity contribution in [3.05, 3.63) is 22.5 Å². The summed E-state index contributed by atoms with van der Waals surface area (Å²) in [5.74, 6) is -0.0463. The van der Waals surface area contributed by atoms with Crippen LogP contribution in [-0.4, -0.2) is 0 Å². The Morgan fingerprint density at radius 2 is 2.20 bits per heavy atom. The van der Waals surface area contributed by atoms with E-state index in [0.717, 1.165) is 6.42 Å². The van der Waals surface area contributed by atoms with Crippen molar-refractivity contribution in [3.63, 3.8) is 0 Å². The first-order valence-electron chi connectivity index (χ1n) is 3.26.